The number of rotatable bonds is 3. The Hall–Kier alpha value is -2.20. The summed E-state index contributed by atoms with van der Waals surface area (Å²) in [5.74, 6) is 0. The minimum absolute atomic E-state index is 0.0599. The third kappa shape index (κ3) is 2.38. The van der Waals surface area contributed by atoms with Crippen molar-refractivity contribution in [1.29, 1.82) is 0 Å². The van der Waals surface area contributed by atoms with Crippen LogP contribution in [-0.2, 0) is 0 Å². The van der Waals surface area contributed by atoms with Crippen molar-refractivity contribution in [2.45, 2.75) is 0 Å². The van der Waals surface area contributed by atoms with E-state index in [0.717, 1.165) is 11.8 Å². The molecule has 18 heavy (non-hydrogen) atoms. The number of nitrogens with zero attached hydrogens (tertiary/aromatic N) is 1. The number of aldehydes is 1. The van der Waals surface area contributed by atoms with E-state index in [1.165, 1.54) is 12.1 Å². The summed E-state index contributed by atoms with van der Waals surface area (Å²) in [6.07, 6.45) is 0.739. The highest BCUT2D eigenvalue weighted by atomic mass is 35.5. The van der Waals surface area contributed by atoms with Gasteiger partial charge >= 0.3 is 0 Å². The lowest BCUT2D eigenvalue weighted by Crippen LogP contribution is -1.89. The van der Waals surface area contributed by atoms with Crippen molar-refractivity contribution in [3.8, 4) is 11.1 Å². The summed E-state index contributed by atoms with van der Waals surface area (Å²) in [6.45, 7) is 0. The van der Waals surface area contributed by atoms with Crippen molar-refractivity contribution in [3.05, 3.63) is 63.2 Å². The summed E-state index contributed by atoms with van der Waals surface area (Å²) in [7, 11) is 0. The first kappa shape index (κ1) is 12.3. The molecule has 90 valence electrons. The molecule has 0 saturated carbocycles. The van der Waals surface area contributed by atoms with Crippen LogP contribution in [0, 0.1) is 10.1 Å². The fraction of sp³-hybridized carbons (Fsp3) is 0. The van der Waals surface area contributed by atoms with Gasteiger partial charge in [0.2, 0.25) is 0 Å². The second-order valence-electron chi connectivity index (χ2n) is 3.66. The number of benzene rings is 2. The van der Waals surface area contributed by atoms with Crippen LogP contribution in [0.4, 0.5) is 5.69 Å². The summed E-state index contributed by atoms with van der Waals surface area (Å²) in [5, 5.41) is 10.9. The van der Waals surface area contributed by atoms with Crippen LogP contribution in [-0.4, -0.2) is 11.2 Å². The predicted molar refractivity (Wildman–Crippen MR) is 68.9 cm³/mol. The number of non-ortho nitro benzene ring substituents is 1. The normalized spacial score (nSPS) is 10.1. The molecule has 0 aromatic heterocycles. The number of nitro benzene ring substituents is 1. The van der Waals surface area contributed by atoms with Gasteiger partial charge in [0, 0.05) is 23.3 Å². The molecule has 0 saturated heterocycles. The third-order valence-corrected chi connectivity index (χ3v) is 2.81. The van der Waals surface area contributed by atoms with Crippen molar-refractivity contribution in [2.24, 2.45) is 0 Å². The largest absolute Gasteiger partial charge is 0.298 e. The van der Waals surface area contributed by atoms with Gasteiger partial charge in [-0.3, -0.25) is 14.9 Å². The highest BCUT2D eigenvalue weighted by Crippen LogP contribution is 2.31. The fourth-order valence-electron chi connectivity index (χ4n) is 1.63. The summed E-state index contributed by atoms with van der Waals surface area (Å²) in [6, 6.07) is 11.1. The average molecular weight is 262 g/mol. The van der Waals surface area contributed by atoms with E-state index in [9.17, 15) is 14.9 Å². The molecule has 0 atom stereocenters. The maximum absolute atomic E-state index is 10.7. The van der Waals surface area contributed by atoms with Gasteiger partial charge in [-0.2, -0.15) is 0 Å². The highest BCUT2D eigenvalue weighted by Gasteiger charge is 2.10. The molecule has 0 amide bonds. The average Bonchev–Trinajstić information content (AvgIpc) is 2.38. The SMILES string of the molecule is O=Cc1cccc(-c2ccc([N+](=O)[O-])cc2Cl)c1. The first-order valence-electron chi connectivity index (χ1n) is 5.11. The molecule has 0 bridgehead atoms. The molecule has 0 spiro atoms. The third-order valence-electron chi connectivity index (χ3n) is 2.50. The molecule has 4 nitrogen and oxygen atoms in total. The van der Waals surface area contributed by atoms with Gasteiger partial charge in [0.25, 0.3) is 5.69 Å². The van der Waals surface area contributed by atoms with E-state index >= 15 is 0 Å². The Morgan fingerprint density at radius 3 is 2.56 bits per heavy atom. The van der Waals surface area contributed by atoms with Crippen LogP contribution in [0.5, 0.6) is 0 Å². The van der Waals surface area contributed by atoms with E-state index in [1.54, 1.807) is 30.3 Å². The Kier molecular flexibility index (Phi) is 3.39. The summed E-state index contributed by atoms with van der Waals surface area (Å²) < 4.78 is 0. The van der Waals surface area contributed by atoms with E-state index in [4.69, 9.17) is 11.6 Å². The van der Waals surface area contributed by atoms with E-state index in [-0.39, 0.29) is 10.7 Å². The Bertz CT molecular complexity index is 625. The van der Waals surface area contributed by atoms with Crippen LogP contribution in [0.1, 0.15) is 10.4 Å². The first-order chi connectivity index (χ1) is 8.61. The fourth-order valence-corrected chi connectivity index (χ4v) is 1.92. The topological polar surface area (TPSA) is 60.2 Å². The van der Waals surface area contributed by atoms with Gasteiger partial charge in [0.1, 0.15) is 6.29 Å². The summed E-state index contributed by atoms with van der Waals surface area (Å²) >= 11 is 6.01. The van der Waals surface area contributed by atoms with Gasteiger partial charge in [-0.1, -0.05) is 29.8 Å². The monoisotopic (exact) mass is 261 g/mol. The van der Waals surface area contributed by atoms with Gasteiger partial charge < -0.3 is 0 Å². The van der Waals surface area contributed by atoms with E-state index in [0.29, 0.717) is 11.1 Å². The maximum atomic E-state index is 10.7. The molecule has 2 rings (SSSR count). The number of carbonyl (C=O) groups is 1. The molecular weight excluding hydrogens is 254 g/mol. The molecule has 0 fully saturated rings. The van der Waals surface area contributed by atoms with Crippen molar-refractivity contribution in [2.75, 3.05) is 0 Å². The Morgan fingerprint density at radius 1 is 1.17 bits per heavy atom. The molecule has 2 aromatic rings. The van der Waals surface area contributed by atoms with Crippen LogP contribution in [0.3, 0.4) is 0 Å². The predicted octanol–water partition coefficient (Wildman–Crippen LogP) is 3.73. The zero-order valence-corrected chi connectivity index (χ0v) is 9.92. The van der Waals surface area contributed by atoms with Gasteiger partial charge in [-0.25, -0.2) is 0 Å². The minimum Gasteiger partial charge on any atom is -0.298 e. The lowest BCUT2D eigenvalue weighted by atomic mass is 10.0. The second kappa shape index (κ2) is 4.98. The molecule has 5 heteroatoms. The zero-order chi connectivity index (χ0) is 13.1. The van der Waals surface area contributed by atoms with E-state index in [2.05, 4.69) is 0 Å². The molecule has 0 radical (unpaired) electrons. The summed E-state index contributed by atoms with van der Waals surface area (Å²) in [5.41, 5.74) is 1.88. The van der Waals surface area contributed by atoms with E-state index < -0.39 is 4.92 Å². The molecule has 0 N–H and O–H groups in total. The number of hydrogen-bond acceptors (Lipinski definition) is 3. The van der Waals surface area contributed by atoms with Gasteiger partial charge in [-0.05, 0) is 17.7 Å². The number of hydrogen-bond donors (Lipinski definition) is 0. The molecule has 0 unspecified atom stereocenters. The Labute approximate surface area is 108 Å². The van der Waals surface area contributed by atoms with Gasteiger partial charge in [0.05, 0.1) is 9.95 Å². The van der Waals surface area contributed by atoms with Crippen LogP contribution in [0.15, 0.2) is 42.5 Å². The van der Waals surface area contributed by atoms with Crippen molar-refractivity contribution in [1.82, 2.24) is 0 Å². The maximum Gasteiger partial charge on any atom is 0.270 e. The number of nitro groups is 1. The van der Waals surface area contributed by atoms with E-state index in [1.807, 2.05) is 0 Å². The Balaban J connectivity index is 2.50. The number of halogens is 1. The Morgan fingerprint density at radius 2 is 1.94 bits per heavy atom. The molecule has 0 aliphatic carbocycles. The van der Waals surface area contributed by atoms with Gasteiger partial charge in [0.15, 0.2) is 0 Å². The zero-order valence-electron chi connectivity index (χ0n) is 9.17. The van der Waals surface area contributed by atoms with Crippen molar-refractivity contribution in [3.63, 3.8) is 0 Å². The molecule has 0 aliphatic heterocycles. The lowest BCUT2D eigenvalue weighted by Gasteiger charge is -2.04. The molecular formula is C13H8ClNO3. The smallest absolute Gasteiger partial charge is 0.270 e. The highest BCUT2D eigenvalue weighted by molar-refractivity contribution is 6.33. The summed E-state index contributed by atoms with van der Waals surface area (Å²) in [4.78, 5) is 20.8. The van der Waals surface area contributed by atoms with Crippen LogP contribution in [0.2, 0.25) is 5.02 Å². The van der Waals surface area contributed by atoms with Crippen LogP contribution in [0.25, 0.3) is 11.1 Å². The van der Waals surface area contributed by atoms with Crippen molar-refractivity contribution >= 4 is 23.6 Å². The van der Waals surface area contributed by atoms with Gasteiger partial charge in [-0.15, -0.1) is 0 Å². The molecule has 0 aliphatic rings. The molecule has 2 aromatic carbocycles. The van der Waals surface area contributed by atoms with Crippen LogP contribution < -0.4 is 0 Å². The quantitative estimate of drug-likeness (QED) is 0.480. The number of carbonyl (C=O) groups excluding carboxylic acids is 1. The molecule has 0 heterocycles. The minimum atomic E-state index is -0.502. The first-order valence-corrected chi connectivity index (χ1v) is 5.49. The lowest BCUT2D eigenvalue weighted by molar-refractivity contribution is -0.384. The second-order valence-corrected chi connectivity index (χ2v) is 4.07. The van der Waals surface area contributed by atoms with Crippen LogP contribution >= 0.6 is 11.6 Å². The van der Waals surface area contributed by atoms with Crippen molar-refractivity contribution < 1.29 is 9.72 Å². The standard InChI is InChI=1S/C13H8ClNO3/c14-13-7-11(15(17)18)4-5-12(13)10-3-1-2-9(6-10)8-16/h1-8H.